The number of nitrogens with one attached hydrogen (secondary N) is 1. The van der Waals surface area contributed by atoms with E-state index in [-0.39, 0.29) is 11.8 Å². The Bertz CT molecular complexity index is 895. The van der Waals surface area contributed by atoms with Crippen LogP contribution in [0.25, 0.3) is 0 Å². The molecule has 0 aliphatic carbocycles. The number of para-hydroxylation sites is 1. The van der Waals surface area contributed by atoms with Gasteiger partial charge in [-0.05, 0) is 23.8 Å². The highest BCUT2D eigenvalue weighted by molar-refractivity contribution is 6.05. The molecule has 130 valence electrons. The van der Waals surface area contributed by atoms with Crippen LogP contribution in [0.2, 0.25) is 0 Å². The van der Waals surface area contributed by atoms with E-state index in [0.717, 1.165) is 5.56 Å². The summed E-state index contributed by atoms with van der Waals surface area (Å²) in [6, 6.07) is 20.4. The highest BCUT2D eigenvalue weighted by atomic mass is 16.2. The summed E-state index contributed by atoms with van der Waals surface area (Å²) in [5.41, 5.74) is 2.45. The third kappa shape index (κ3) is 4.33. The number of hydrogen-bond donors (Lipinski definition) is 1. The molecule has 26 heavy (non-hydrogen) atoms. The van der Waals surface area contributed by atoms with Crippen LogP contribution in [0.5, 0.6) is 0 Å². The molecule has 0 aliphatic heterocycles. The first kappa shape index (κ1) is 17.4. The summed E-state index contributed by atoms with van der Waals surface area (Å²) in [5.74, 6) is -0.486. The highest BCUT2D eigenvalue weighted by Crippen LogP contribution is 2.12. The highest BCUT2D eigenvalue weighted by Gasteiger charge is 2.15. The molecule has 2 aromatic carbocycles. The number of rotatable bonds is 5. The van der Waals surface area contributed by atoms with E-state index in [2.05, 4.69) is 10.3 Å². The number of carbonyl (C=O) groups is 2. The van der Waals surface area contributed by atoms with Gasteiger partial charge in [0.1, 0.15) is 0 Å². The van der Waals surface area contributed by atoms with Crippen molar-refractivity contribution >= 4 is 17.5 Å². The Morgan fingerprint density at radius 3 is 2.23 bits per heavy atom. The average Bonchev–Trinajstić information content (AvgIpc) is 2.69. The number of hydrogen-bond acceptors (Lipinski definition) is 3. The Kier molecular flexibility index (Phi) is 5.39. The quantitative estimate of drug-likeness (QED) is 0.768. The molecule has 1 aromatic heterocycles. The first-order valence-corrected chi connectivity index (χ1v) is 8.24. The van der Waals surface area contributed by atoms with E-state index in [4.69, 9.17) is 0 Å². The number of benzene rings is 2. The van der Waals surface area contributed by atoms with Crippen LogP contribution < -0.4 is 5.32 Å². The molecule has 0 fully saturated rings. The van der Waals surface area contributed by atoms with E-state index >= 15 is 0 Å². The smallest absolute Gasteiger partial charge is 0.257 e. The molecular weight excluding hydrogens is 326 g/mol. The van der Waals surface area contributed by atoms with Gasteiger partial charge in [0.05, 0.1) is 11.1 Å². The number of anilines is 1. The molecule has 2 amide bonds. The minimum absolute atomic E-state index is 0.185. The van der Waals surface area contributed by atoms with Crippen LogP contribution >= 0.6 is 0 Å². The Morgan fingerprint density at radius 2 is 1.54 bits per heavy atom. The molecule has 0 saturated heterocycles. The lowest BCUT2D eigenvalue weighted by Gasteiger charge is -2.17. The summed E-state index contributed by atoms with van der Waals surface area (Å²) < 4.78 is 0. The van der Waals surface area contributed by atoms with Gasteiger partial charge in [-0.15, -0.1) is 0 Å². The molecule has 0 saturated carbocycles. The van der Waals surface area contributed by atoms with Crippen LogP contribution in [-0.4, -0.2) is 28.7 Å². The van der Waals surface area contributed by atoms with Crippen molar-refractivity contribution in [1.82, 2.24) is 9.88 Å². The first-order chi connectivity index (χ1) is 12.6. The van der Waals surface area contributed by atoms with E-state index in [9.17, 15) is 9.59 Å². The predicted octanol–water partition coefficient (Wildman–Crippen LogP) is 3.61. The minimum atomic E-state index is -0.302. The zero-order valence-corrected chi connectivity index (χ0v) is 14.4. The molecule has 0 aliphatic rings. The van der Waals surface area contributed by atoms with Gasteiger partial charge in [0.25, 0.3) is 11.8 Å². The van der Waals surface area contributed by atoms with E-state index in [1.807, 2.05) is 48.5 Å². The van der Waals surface area contributed by atoms with Gasteiger partial charge in [0.2, 0.25) is 0 Å². The standard InChI is InChI=1S/C21H19N3O2/c1-24(15-16-8-4-2-5-9-16)21(26)18-12-17(13-22-14-18)20(25)23-19-10-6-3-7-11-19/h2-14H,15H2,1H3,(H,23,25). The molecule has 1 heterocycles. The lowest BCUT2D eigenvalue weighted by Crippen LogP contribution is -2.26. The fraction of sp³-hybridized carbons (Fsp3) is 0.0952. The lowest BCUT2D eigenvalue weighted by molar-refractivity contribution is 0.0784. The summed E-state index contributed by atoms with van der Waals surface area (Å²) in [6.45, 7) is 0.486. The Labute approximate surface area is 152 Å². The summed E-state index contributed by atoms with van der Waals surface area (Å²) in [4.78, 5) is 30.7. The lowest BCUT2D eigenvalue weighted by atomic mass is 10.1. The van der Waals surface area contributed by atoms with Crippen molar-refractivity contribution in [2.75, 3.05) is 12.4 Å². The number of pyridine rings is 1. The van der Waals surface area contributed by atoms with Gasteiger partial charge in [0, 0.05) is 31.7 Å². The third-order valence-corrected chi connectivity index (χ3v) is 3.89. The second kappa shape index (κ2) is 8.07. The largest absolute Gasteiger partial charge is 0.337 e. The van der Waals surface area contributed by atoms with Crippen molar-refractivity contribution in [2.24, 2.45) is 0 Å². The molecule has 0 atom stereocenters. The summed E-state index contributed by atoms with van der Waals surface area (Å²) in [6.07, 6.45) is 2.93. The summed E-state index contributed by atoms with van der Waals surface area (Å²) >= 11 is 0. The molecule has 0 bridgehead atoms. The number of nitrogens with zero attached hydrogens (tertiary/aromatic N) is 2. The van der Waals surface area contributed by atoms with Crippen LogP contribution in [0.1, 0.15) is 26.3 Å². The average molecular weight is 345 g/mol. The number of carbonyl (C=O) groups excluding carboxylic acids is 2. The molecule has 3 rings (SSSR count). The van der Waals surface area contributed by atoms with E-state index < -0.39 is 0 Å². The van der Waals surface area contributed by atoms with E-state index in [1.54, 1.807) is 30.1 Å². The van der Waals surface area contributed by atoms with E-state index in [0.29, 0.717) is 23.4 Å². The van der Waals surface area contributed by atoms with Crippen molar-refractivity contribution in [2.45, 2.75) is 6.54 Å². The molecule has 5 nitrogen and oxygen atoms in total. The maximum atomic E-state index is 12.6. The zero-order chi connectivity index (χ0) is 18.4. The molecular formula is C21H19N3O2. The number of amides is 2. The molecule has 0 radical (unpaired) electrons. The van der Waals surface area contributed by atoms with Crippen molar-refractivity contribution in [3.8, 4) is 0 Å². The Hall–Kier alpha value is -3.47. The second-order valence-corrected chi connectivity index (χ2v) is 5.93. The maximum absolute atomic E-state index is 12.6. The fourth-order valence-electron chi connectivity index (χ4n) is 2.56. The van der Waals surface area contributed by atoms with Gasteiger partial charge in [0.15, 0.2) is 0 Å². The molecule has 5 heteroatoms. The second-order valence-electron chi connectivity index (χ2n) is 5.93. The van der Waals surface area contributed by atoms with Crippen LogP contribution in [0, 0.1) is 0 Å². The molecule has 3 aromatic rings. The van der Waals surface area contributed by atoms with Gasteiger partial charge in [-0.2, -0.15) is 0 Å². The Balaban J connectivity index is 1.71. The van der Waals surface area contributed by atoms with Gasteiger partial charge < -0.3 is 10.2 Å². The first-order valence-electron chi connectivity index (χ1n) is 8.24. The van der Waals surface area contributed by atoms with Crippen LogP contribution in [0.15, 0.2) is 79.1 Å². The van der Waals surface area contributed by atoms with Gasteiger partial charge in [-0.1, -0.05) is 48.5 Å². The van der Waals surface area contributed by atoms with Crippen LogP contribution in [0.3, 0.4) is 0 Å². The van der Waals surface area contributed by atoms with Gasteiger partial charge in [-0.25, -0.2) is 0 Å². The topological polar surface area (TPSA) is 62.3 Å². The van der Waals surface area contributed by atoms with Crippen molar-refractivity contribution in [1.29, 1.82) is 0 Å². The van der Waals surface area contributed by atoms with Crippen LogP contribution in [0.4, 0.5) is 5.69 Å². The molecule has 0 spiro atoms. The monoisotopic (exact) mass is 345 g/mol. The SMILES string of the molecule is CN(Cc1ccccc1)C(=O)c1cncc(C(=O)Nc2ccccc2)c1. The summed E-state index contributed by atoms with van der Waals surface area (Å²) in [5, 5.41) is 2.79. The maximum Gasteiger partial charge on any atom is 0.257 e. The van der Waals surface area contributed by atoms with Crippen molar-refractivity contribution < 1.29 is 9.59 Å². The summed E-state index contributed by atoms with van der Waals surface area (Å²) in [7, 11) is 1.73. The van der Waals surface area contributed by atoms with Crippen molar-refractivity contribution in [3.05, 3.63) is 95.8 Å². The Morgan fingerprint density at radius 1 is 0.923 bits per heavy atom. The zero-order valence-electron chi connectivity index (χ0n) is 14.4. The van der Waals surface area contributed by atoms with Crippen molar-refractivity contribution in [3.63, 3.8) is 0 Å². The van der Waals surface area contributed by atoms with E-state index in [1.165, 1.54) is 12.4 Å². The van der Waals surface area contributed by atoms with Crippen LogP contribution in [-0.2, 0) is 6.54 Å². The fourth-order valence-corrected chi connectivity index (χ4v) is 2.56. The molecule has 0 unspecified atom stereocenters. The normalized spacial score (nSPS) is 10.2. The van der Waals surface area contributed by atoms with Gasteiger partial charge >= 0.3 is 0 Å². The third-order valence-electron chi connectivity index (χ3n) is 3.89. The minimum Gasteiger partial charge on any atom is -0.337 e. The van der Waals surface area contributed by atoms with Gasteiger partial charge in [-0.3, -0.25) is 14.6 Å². The molecule has 1 N–H and O–H groups in total. The predicted molar refractivity (Wildman–Crippen MR) is 101 cm³/mol. The number of aromatic nitrogens is 1.